The summed E-state index contributed by atoms with van der Waals surface area (Å²) in [5.41, 5.74) is 0.159. The van der Waals surface area contributed by atoms with Crippen molar-refractivity contribution in [1.29, 1.82) is 0 Å². The number of anilines is 1. The minimum atomic E-state index is -0.656. The van der Waals surface area contributed by atoms with Crippen molar-refractivity contribution in [2.45, 2.75) is 4.90 Å². The second kappa shape index (κ2) is 8.82. The molecule has 0 bridgehead atoms. The van der Waals surface area contributed by atoms with Gasteiger partial charge in [-0.1, -0.05) is 18.2 Å². The highest BCUT2D eigenvalue weighted by Crippen LogP contribution is 2.26. The zero-order valence-corrected chi connectivity index (χ0v) is 14.8. The lowest BCUT2D eigenvalue weighted by Crippen LogP contribution is -2.25. The third kappa shape index (κ3) is 4.48. The molecule has 0 spiro atoms. The minimum absolute atomic E-state index is 0.0665. The molecule has 0 saturated carbocycles. The molecule has 0 unspecified atom stereocenters. The summed E-state index contributed by atoms with van der Waals surface area (Å²) in [7, 11) is 0. The largest absolute Gasteiger partial charge is 0.349 e. The van der Waals surface area contributed by atoms with Crippen molar-refractivity contribution in [2.75, 3.05) is 18.1 Å². The highest BCUT2D eigenvalue weighted by atomic mass is 32.2. The van der Waals surface area contributed by atoms with E-state index in [1.807, 2.05) is 6.26 Å². The average Bonchev–Trinajstić information content (AvgIpc) is 2.65. The Labute approximate surface area is 154 Å². The smallest absolute Gasteiger partial charge is 0.282 e. The van der Waals surface area contributed by atoms with Crippen LogP contribution < -0.4 is 10.6 Å². The summed E-state index contributed by atoms with van der Waals surface area (Å²) in [4.78, 5) is 36.1. The molecule has 2 amide bonds. The third-order valence-corrected chi connectivity index (χ3v) is 4.20. The first-order valence-corrected chi connectivity index (χ1v) is 8.82. The number of nitrogens with one attached hydrogen (secondary N) is 2. The molecule has 2 aromatic carbocycles. The van der Waals surface area contributed by atoms with E-state index in [1.165, 1.54) is 30.0 Å². The summed E-state index contributed by atoms with van der Waals surface area (Å²) >= 11 is 1.37. The number of para-hydroxylation sites is 1. The molecule has 8 heteroatoms. The van der Waals surface area contributed by atoms with E-state index in [4.69, 9.17) is 0 Å². The Kier molecular flexibility index (Phi) is 6.51. The van der Waals surface area contributed by atoms with Crippen LogP contribution in [0.1, 0.15) is 20.7 Å². The number of amides is 2. The van der Waals surface area contributed by atoms with Gasteiger partial charge in [-0.05, 0) is 30.5 Å². The van der Waals surface area contributed by atoms with Gasteiger partial charge >= 0.3 is 0 Å². The van der Waals surface area contributed by atoms with Crippen molar-refractivity contribution in [1.82, 2.24) is 5.32 Å². The summed E-state index contributed by atoms with van der Waals surface area (Å²) in [6, 6.07) is 10.8. The van der Waals surface area contributed by atoms with Crippen molar-refractivity contribution in [2.24, 2.45) is 0 Å². The molecule has 0 fully saturated rings. The number of carbonyl (C=O) groups is 2. The van der Waals surface area contributed by atoms with Crippen LogP contribution in [0.15, 0.2) is 60.0 Å². The number of nitrogens with zero attached hydrogens (tertiary/aromatic N) is 1. The van der Waals surface area contributed by atoms with Crippen LogP contribution in [-0.4, -0.2) is 29.5 Å². The maximum Gasteiger partial charge on any atom is 0.282 e. The predicted molar refractivity (Wildman–Crippen MR) is 102 cm³/mol. The Balaban J connectivity index is 2.35. The first-order chi connectivity index (χ1) is 12.5. The van der Waals surface area contributed by atoms with E-state index < -0.39 is 10.8 Å². The minimum Gasteiger partial charge on any atom is -0.349 e. The van der Waals surface area contributed by atoms with Crippen LogP contribution >= 0.6 is 11.8 Å². The molecule has 7 nitrogen and oxygen atoms in total. The van der Waals surface area contributed by atoms with Crippen LogP contribution in [0, 0.1) is 10.1 Å². The number of benzene rings is 2. The summed E-state index contributed by atoms with van der Waals surface area (Å²) in [5.74, 6) is -1.04. The van der Waals surface area contributed by atoms with Crippen LogP contribution in [-0.2, 0) is 0 Å². The highest BCUT2D eigenvalue weighted by molar-refractivity contribution is 7.98. The second-order valence-corrected chi connectivity index (χ2v) is 6.02. The lowest BCUT2D eigenvalue weighted by molar-refractivity contribution is -0.385. The molecule has 0 aliphatic carbocycles. The molecule has 0 radical (unpaired) electrons. The normalized spacial score (nSPS) is 10.0. The molecule has 0 atom stereocenters. The molecule has 2 aromatic rings. The highest BCUT2D eigenvalue weighted by Gasteiger charge is 2.22. The van der Waals surface area contributed by atoms with E-state index in [1.54, 1.807) is 30.3 Å². The fourth-order valence-corrected chi connectivity index (χ4v) is 2.66. The molecule has 0 heterocycles. The number of hydrogen-bond acceptors (Lipinski definition) is 5. The Morgan fingerprint density at radius 3 is 2.58 bits per heavy atom. The van der Waals surface area contributed by atoms with Gasteiger partial charge in [0.15, 0.2) is 0 Å². The lowest BCUT2D eigenvalue weighted by Gasteiger charge is -2.11. The number of hydrogen-bond donors (Lipinski definition) is 2. The fourth-order valence-electron chi connectivity index (χ4n) is 2.22. The Bertz CT molecular complexity index is 867. The fraction of sp³-hybridized carbons (Fsp3) is 0.111. The number of thioether (sulfide) groups is 1. The van der Waals surface area contributed by atoms with Gasteiger partial charge in [0.25, 0.3) is 17.5 Å². The van der Waals surface area contributed by atoms with Gasteiger partial charge in [-0.15, -0.1) is 18.3 Å². The zero-order chi connectivity index (χ0) is 19.1. The van der Waals surface area contributed by atoms with Gasteiger partial charge in [0, 0.05) is 17.5 Å². The monoisotopic (exact) mass is 371 g/mol. The van der Waals surface area contributed by atoms with Crippen molar-refractivity contribution in [3.05, 3.63) is 76.4 Å². The summed E-state index contributed by atoms with van der Waals surface area (Å²) in [6.07, 6.45) is 3.35. The number of rotatable bonds is 7. The first kappa shape index (κ1) is 19.2. The molecule has 26 heavy (non-hydrogen) atoms. The van der Waals surface area contributed by atoms with E-state index in [0.717, 1.165) is 4.90 Å². The molecular weight excluding hydrogens is 354 g/mol. The number of carbonyl (C=O) groups excluding carboxylic acids is 2. The van der Waals surface area contributed by atoms with Crippen molar-refractivity contribution in [3.8, 4) is 0 Å². The van der Waals surface area contributed by atoms with E-state index >= 15 is 0 Å². The average molecular weight is 371 g/mol. The topological polar surface area (TPSA) is 101 Å². The second-order valence-electron chi connectivity index (χ2n) is 5.14. The standard InChI is InChI=1S/C18H17N3O4S/c1-3-10-19-17(22)13-6-4-5-7-15(13)20-18(23)14-11-12(26-2)8-9-16(14)21(24)25/h3-9,11H,1,10H2,2H3,(H,19,22)(H,20,23). The number of nitro benzene ring substituents is 1. The molecule has 0 saturated heterocycles. The van der Waals surface area contributed by atoms with Crippen LogP contribution in [0.5, 0.6) is 0 Å². The maximum atomic E-state index is 12.6. The van der Waals surface area contributed by atoms with Crippen LogP contribution in [0.25, 0.3) is 0 Å². The van der Waals surface area contributed by atoms with Crippen molar-refractivity contribution < 1.29 is 14.5 Å². The molecule has 2 N–H and O–H groups in total. The Morgan fingerprint density at radius 2 is 1.92 bits per heavy atom. The molecule has 2 rings (SSSR count). The Morgan fingerprint density at radius 1 is 1.19 bits per heavy atom. The van der Waals surface area contributed by atoms with E-state index in [2.05, 4.69) is 17.2 Å². The van der Waals surface area contributed by atoms with Gasteiger partial charge in [-0.25, -0.2) is 0 Å². The molecule has 134 valence electrons. The van der Waals surface area contributed by atoms with E-state index in [9.17, 15) is 19.7 Å². The molecule has 0 aliphatic heterocycles. The van der Waals surface area contributed by atoms with E-state index in [-0.39, 0.29) is 35.0 Å². The van der Waals surface area contributed by atoms with Crippen molar-refractivity contribution in [3.63, 3.8) is 0 Å². The summed E-state index contributed by atoms with van der Waals surface area (Å²) in [6.45, 7) is 3.81. The Hall–Kier alpha value is -3.13. The van der Waals surface area contributed by atoms with Gasteiger partial charge in [-0.3, -0.25) is 19.7 Å². The van der Waals surface area contributed by atoms with E-state index in [0.29, 0.717) is 0 Å². The van der Waals surface area contributed by atoms with Gasteiger partial charge in [0.2, 0.25) is 0 Å². The van der Waals surface area contributed by atoms with Gasteiger partial charge in [-0.2, -0.15) is 0 Å². The van der Waals surface area contributed by atoms with Crippen molar-refractivity contribution >= 4 is 35.0 Å². The van der Waals surface area contributed by atoms with Gasteiger partial charge < -0.3 is 10.6 Å². The third-order valence-electron chi connectivity index (χ3n) is 3.47. The van der Waals surface area contributed by atoms with Crippen LogP contribution in [0.4, 0.5) is 11.4 Å². The van der Waals surface area contributed by atoms with Crippen LogP contribution in [0.3, 0.4) is 0 Å². The first-order valence-electron chi connectivity index (χ1n) is 7.59. The van der Waals surface area contributed by atoms with Gasteiger partial charge in [0.1, 0.15) is 5.56 Å². The summed E-state index contributed by atoms with van der Waals surface area (Å²) in [5, 5.41) is 16.4. The predicted octanol–water partition coefficient (Wildman–Crippen LogP) is 3.48. The molecule has 0 aliphatic rings. The lowest BCUT2D eigenvalue weighted by atomic mass is 10.1. The quantitative estimate of drug-likeness (QED) is 0.336. The molecular formula is C18H17N3O4S. The summed E-state index contributed by atoms with van der Waals surface area (Å²) < 4.78 is 0. The SMILES string of the molecule is C=CCNC(=O)c1ccccc1NC(=O)c1cc(SC)ccc1[N+](=O)[O-]. The zero-order valence-electron chi connectivity index (χ0n) is 14.0. The molecule has 0 aromatic heterocycles. The van der Waals surface area contributed by atoms with Gasteiger partial charge in [0.05, 0.1) is 16.2 Å². The number of nitro groups is 1. The maximum absolute atomic E-state index is 12.6. The van der Waals surface area contributed by atoms with Crippen LogP contribution in [0.2, 0.25) is 0 Å².